The van der Waals surface area contributed by atoms with E-state index >= 15 is 0 Å². The lowest BCUT2D eigenvalue weighted by molar-refractivity contribution is 0.113. The third-order valence-electron chi connectivity index (χ3n) is 6.27. The van der Waals surface area contributed by atoms with E-state index in [1.807, 2.05) is 18.5 Å². The number of ether oxygens (including phenoxy) is 1. The standard InChI is InChI=1S/C20H36N6O2/c1-16-24-25-18(26(16)2)14-22-19(21-13-17-7-6-12-28-17)23-15-20(10-11-27)8-4-3-5-9-20/h17,27H,3-15H2,1-2H3,(H2,21,22,23). The van der Waals surface area contributed by atoms with Crippen LogP contribution >= 0.6 is 0 Å². The minimum absolute atomic E-state index is 0.167. The van der Waals surface area contributed by atoms with Gasteiger partial charge < -0.3 is 25.0 Å². The van der Waals surface area contributed by atoms with Gasteiger partial charge in [-0.05, 0) is 44.4 Å². The number of guanidine groups is 1. The molecule has 8 heteroatoms. The molecule has 2 heterocycles. The third-order valence-corrected chi connectivity index (χ3v) is 6.27. The van der Waals surface area contributed by atoms with E-state index < -0.39 is 0 Å². The second-order valence-electron chi connectivity index (χ2n) is 8.29. The second-order valence-corrected chi connectivity index (χ2v) is 8.29. The Morgan fingerprint density at radius 2 is 2.07 bits per heavy atom. The monoisotopic (exact) mass is 392 g/mol. The summed E-state index contributed by atoms with van der Waals surface area (Å²) in [4.78, 5) is 4.76. The highest BCUT2D eigenvalue weighted by Crippen LogP contribution is 2.38. The zero-order valence-corrected chi connectivity index (χ0v) is 17.4. The number of aromatic nitrogens is 3. The molecule has 1 saturated heterocycles. The lowest BCUT2D eigenvalue weighted by Gasteiger charge is -2.37. The number of nitrogens with zero attached hydrogens (tertiary/aromatic N) is 4. The van der Waals surface area contributed by atoms with Crippen molar-refractivity contribution in [1.82, 2.24) is 25.4 Å². The number of hydrogen-bond acceptors (Lipinski definition) is 5. The van der Waals surface area contributed by atoms with Crippen LogP contribution in [0.5, 0.6) is 0 Å². The molecule has 1 aromatic heterocycles. The highest BCUT2D eigenvalue weighted by molar-refractivity contribution is 5.79. The van der Waals surface area contributed by atoms with E-state index in [-0.39, 0.29) is 18.1 Å². The van der Waals surface area contributed by atoms with Crippen LogP contribution in [0.15, 0.2) is 4.99 Å². The maximum absolute atomic E-state index is 9.57. The molecule has 1 aromatic rings. The van der Waals surface area contributed by atoms with Crippen molar-refractivity contribution in [2.24, 2.45) is 17.5 Å². The van der Waals surface area contributed by atoms with Crippen LogP contribution in [0.1, 0.15) is 63.0 Å². The molecular weight excluding hydrogens is 356 g/mol. The van der Waals surface area contributed by atoms with Crippen LogP contribution in [0.25, 0.3) is 0 Å². The number of aliphatic hydroxyl groups excluding tert-OH is 1. The van der Waals surface area contributed by atoms with Crippen molar-refractivity contribution in [2.45, 2.75) is 70.9 Å². The molecule has 1 aliphatic heterocycles. The molecule has 0 bridgehead atoms. The average Bonchev–Trinajstić information content (AvgIpc) is 3.33. The molecule has 1 aliphatic carbocycles. The van der Waals surface area contributed by atoms with Gasteiger partial charge in [-0.3, -0.25) is 0 Å². The minimum Gasteiger partial charge on any atom is -0.396 e. The minimum atomic E-state index is 0.167. The van der Waals surface area contributed by atoms with E-state index in [0.717, 1.165) is 56.6 Å². The van der Waals surface area contributed by atoms with Gasteiger partial charge in [-0.2, -0.15) is 0 Å². The van der Waals surface area contributed by atoms with Crippen molar-refractivity contribution in [2.75, 3.05) is 26.3 Å². The van der Waals surface area contributed by atoms with Gasteiger partial charge >= 0.3 is 0 Å². The van der Waals surface area contributed by atoms with E-state index in [0.29, 0.717) is 6.54 Å². The number of hydrogen-bond donors (Lipinski definition) is 3. The summed E-state index contributed by atoms with van der Waals surface area (Å²) in [6.07, 6.45) is 9.46. The number of aliphatic imine (C=N–C) groups is 1. The summed E-state index contributed by atoms with van der Waals surface area (Å²) < 4.78 is 7.70. The lowest BCUT2D eigenvalue weighted by Crippen LogP contribution is -2.46. The van der Waals surface area contributed by atoms with Gasteiger partial charge in [-0.15, -0.1) is 10.2 Å². The van der Waals surface area contributed by atoms with Gasteiger partial charge in [0.25, 0.3) is 0 Å². The molecule has 158 valence electrons. The van der Waals surface area contributed by atoms with Crippen molar-refractivity contribution in [3.63, 3.8) is 0 Å². The van der Waals surface area contributed by atoms with Crippen LogP contribution in [-0.2, 0) is 18.3 Å². The number of nitrogens with one attached hydrogen (secondary N) is 2. The molecule has 1 atom stereocenters. The largest absolute Gasteiger partial charge is 0.396 e. The fourth-order valence-electron chi connectivity index (χ4n) is 4.25. The predicted octanol–water partition coefficient (Wildman–Crippen LogP) is 1.67. The summed E-state index contributed by atoms with van der Waals surface area (Å²) in [6.45, 7) is 5.11. The van der Waals surface area contributed by atoms with E-state index in [1.165, 1.54) is 32.1 Å². The van der Waals surface area contributed by atoms with Gasteiger partial charge in [0.05, 0.1) is 6.10 Å². The first kappa shape index (κ1) is 21.0. The summed E-state index contributed by atoms with van der Waals surface area (Å²) >= 11 is 0. The van der Waals surface area contributed by atoms with Crippen LogP contribution in [0.2, 0.25) is 0 Å². The lowest BCUT2D eigenvalue weighted by atomic mass is 9.72. The van der Waals surface area contributed by atoms with E-state index in [1.54, 1.807) is 0 Å². The summed E-state index contributed by atoms with van der Waals surface area (Å²) in [5.41, 5.74) is 0.167. The van der Waals surface area contributed by atoms with Gasteiger partial charge in [0, 0.05) is 33.4 Å². The topological polar surface area (TPSA) is 96.6 Å². The molecule has 0 radical (unpaired) electrons. The van der Waals surface area contributed by atoms with Crippen molar-refractivity contribution in [3.05, 3.63) is 11.6 Å². The molecular formula is C20H36N6O2. The molecule has 1 saturated carbocycles. The Labute approximate surface area is 168 Å². The molecule has 0 aromatic carbocycles. The Balaban J connectivity index is 1.63. The van der Waals surface area contributed by atoms with E-state index in [9.17, 15) is 5.11 Å². The van der Waals surface area contributed by atoms with Crippen LogP contribution < -0.4 is 10.6 Å². The Hall–Kier alpha value is -1.67. The zero-order valence-electron chi connectivity index (χ0n) is 17.4. The molecule has 2 fully saturated rings. The highest BCUT2D eigenvalue weighted by Gasteiger charge is 2.31. The summed E-state index contributed by atoms with van der Waals surface area (Å²) in [6, 6.07) is 0. The average molecular weight is 393 g/mol. The molecule has 3 rings (SSSR count). The van der Waals surface area contributed by atoms with Crippen molar-refractivity contribution in [3.8, 4) is 0 Å². The smallest absolute Gasteiger partial charge is 0.191 e. The molecule has 1 unspecified atom stereocenters. The van der Waals surface area contributed by atoms with E-state index in [2.05, 4.69) is 20.8 Å². The maximum Gasteiger partial charge on any atom is 0.191 e. The SMILES string of the molecule is Cc1nnc(CN=C(NCC2CCCO2)NCC2(CCO)CCCCC2)n1C. The first-order chi connectivity index (χ1) is 13.6. The first-order valence-electron chi connectivity index (χ1n) is 10.7. The van der Waals surface area contributed by atoms with Crippen molar-refractivity contribution < 1.29 is 9.84 Å². The number of aryl methyl sites for hydroxylation is 1. The molecule has 2 aliphatic rings. The maximum atomic E-state index is 9.57. The molecule has 3 N–H and O–H groups in total. The van der Waals surface area contributed by atoms with E-state index in [4.69, 9.17) is 9.73 Å². The molecule has 0 spiro atoms. The Morgan fingerprint density at radius 1 is 1.25 bits per heavy atom. The number of rotatable bonds is 8. The number of aliphatic hydroxyl groups is 1. The first-order valence-corrected chi connectivity index (χ1v) is 10.7. The molecule has 28 heavy (non-hydrogen) atoms. The van der Waals surface area contributed by atoms with Gasteiger partial charge in [0.15, 0.2) is 11.8 Å². The second kappa shape index (κ2) is 10.2. The summed E-state index contributed by atoms with van der Waals surface area (Å²) in [5, 5.41) is 24.9. The summed E-state index contributed by atoms with van der Waals surface area (Å²) in [7, 11) is 1.96. The quantitative estimate of drug-likeness (QED) is 0.460. The van der Waals surface area contributed by atoms with Gasteiger partial charge in [0.1, 0.15) is 12.4 Å². The Kier molecular flexibility index (Phi) is 7.67. The molecule has 0 amide bonds. The van der Waals surface area contributed by atoms with Gasteiger partial charge in [-0.1, -0.05) is 19.3 Å². The van der Waals surface area contributed by atoms with Crippen molar-refractivity contribution >= 4 is 5.96 Å². The molecule has 8 nitrogen and oxygen atoms in total. The predicted molar refractivity (Wildman–Crippen MR) is 109 cm³/mol. The van der Waals surface area contributed by atoms with Crippen molar-refractivity contribution in [1.29, 1.82) is 0 Å². The Bertz CT molecular complexity index is 627. The highest BCUT2D eigenvalue weighted by atomic mass is 16.5. The fraction of sp³-hybridized carbons (Fsp3) is 0.850. The summed E-state index contributed by atoms with van der Waals surface area (Å²) in [5.74, 6) is 2.52. The fourth-order valence-corrected chi connectivity index (χ4v) is 4.25. The normalized spacial score (nSPS) is 22.4. The van der Waals surface area contributed by atoms with Crippen LogP contribution in [0.3, 0.4) is 0 Å². The third kappa shape index (κ3) is 5.67. The van der Waals surface area contributed by atoms with Crippen LogP contribution in [0.4, 0.5) is 0 Å². The zero-order chi connectivity index (χ0) is 19.8. The Morgan fingerprint density at radius 3 is 2.71 bits per heavy atom. The van der Waals surface area contributed by atoms with Crippen LogP contribution in [-0.4, -0.2) is 58.2 Å². The van der Waals surface area contributed by atoms with Gasteiger partial charge in [0.2, 0.25) is 0 Å². The van der Waals surface area contributed by atoms with Gasteiger partial charge in [-0.25, -0.2) is 4.99 Å². The van der Waals surface area contributed by atoms with Crippen LogP contribution in [0, 0.1) is 12.3 Å².